The van der Waals surface area contributed by atoms with Crippen LogP contribution in [0, 0.1) is 0 Å². The van der Waals surface area contributed by atoms with Crippen molar-refractivity contribution >= 4 is 23.3 Å². The predicted molar refractivity (Wildman–Crippen MR) is 108 cm³/mol. The van der Waals surface area contributed by atoms with Gasteiger partial charge in [-0.25, -0.2) is 4.79 Å². The van der Waals surface area contributed by atoms with Gasteiger partial charge in [0.05, 0.1) is 0 Å². The fourth-order valence-corrected chi connectivity index (χ4v) is 2.67. The molecule has 4 nitrogen and oxygen atoms in total. The van der Waals surface area contributed by atoms with E-state index in [9.17, 15) is 18.0 Å². The Morgan fingerprint density at radius 1 is 0.933 bits per heavy atom. The maximum Gasteiger partial charge on any atom is 0.419 e. The number of anilines is 1. The first-order valence-electron chi connectivity index (χ1n) is 8.88. The molecule has 0 aromatic heterocycles. The molecule has 1 unspecified atom stereocenters. The number of benzene rings is 3. The molecule has 0 amide bonds. The first kappa shape index (κ1) is 21.5. The maximum atomic E-state index is 13.4. The van der Waals surface area contributed by atoms with Crippen molar-refractivity contribution < 1.29 is 27.4 Å². The molecule has 0 heterocycles. The first-order valence-corrected chi connectivity index (χ1v) is 9.26. The van der Waals surface area contributed by atoms with E-state index in [0.29, 0.717) is 22.1 Å². The molecule has 0 saturated carbocycles. The summed E-state index contributed by atoms with van der Waals surface area (Å²) in [7, 11) is 0. The molecule has 0 aliphatic heterocycles. The largest absolute Gasteiger partial charge is 0.459 e. The van der Waals surface area contributed by atoms with Crippen LogP contribution in [-0.2, 0) is 16.1 Å². The summed E-state index contributed by atoms with van der Waals surface area (Å²) in [6.07, 6.45) is -4.84. The molecule has 0 saturated heterocycles. The summed E-state index contributed by atoms with van der Waals surface area (Å²) in [5.41, 5.74) is 0.584. The highest BCUT2D eigenvalue weighted by atomic mass is 35.5. The molecule has 30 heavy (non-hydrogen) atoms. The van der Waals surface area contributed by atoms with Gasteiger partial charge in [-0.15, -0.1) is 0 Å². The van der Waals surface area contributed by atoms with Gasteiger partial charge in [0, 0.05) is 10.7 Å². The summed E-state index contributed by atoms with van der Waals surface area (Å²) in [6.45, 7) is -0.334. The van der Waals surface area contributed by atoms with Gasteiger partial charge in [0.1, 0.15) is 18.1 Å². The lowest BCUT2D eigenvalue weighted by Gasteiger charge is -2.21. The van der Waals surface area contributed by atoms with Crippen molar-refractivity contribution in [2.75, 3.05) is 5.32 Å². The number of halogens is 4. The summed E-state index contributed by atoms with van der Waals surface area (Å²) < 4.78 is 50.7. The monoisotopic (exact) mass is 435 g/mol. The molecule has 0 fully saturated rings. The number of ether oxygens (including phenoxy) is 2. The molecule has 0 radical (unpaired) electrons. The summed E-state index contributed by atoms with van der Waals surface area (Å²) in [4.78, 5) is 12.1. The molecule has 0 spiro atoms. The molecule has 8 heteroatoms. The lowest BCUT2D eigenvalue weighted by atomic mass is 10.2. The van der Waals surface area contributed by atoms with Crippen LogP contribution in [0.1, 0.15) is 5.56 Å². The molecule has 0 bridgehead atoms. The second-order valence-electron chi connectivity index (χ2n) is 6.30. The Kier molecular flexibility index (Phi) is 6.84. The molecular formula is C22H17ClF3NO3. The number of carbonyl (C=O) groups excluding carboxylic acids is 1. The van der Waals surface area contributed by atoms with Crippen molar-refractivity contribution in [3.63, 3.8) is 0 Å². The number of nitrogens with one attached hydrogen (secondary N) is 1. The Labute approximate surface area is 176 Å². The zero-order valence-electron chi connectivity index (χ0n) is 15.5. The number of para-hydroxylation sites is 1. The third kappa shape index (κ3) is 6.15. The van der Waals surface area contributed by atoms with Crippen molar-refractivity contribution in [2.24, 2.45) is 0 Å². The van der Waals surface area contributed by atoms with Crippen LogP contribution in [0.5, 0.6) is 11.5 Å². The van der Waals surface area contributed by atoms with Crippen LogP contribution in [0.3, 0.4) is 0 Å². The molecule has 3 rings (SSSR count). The van der Waals surface area contributed by atoms with Gasteiger partial charge in [0.2, 0.25) is 6.04 Å². The fourth-order valence-electron chi connectivity index (χ4n) is 2.55. The molecule has 156 valence electrons. The second-order valence-corrected chi connectivity index (χ2v) is 6.73. The quantitative estimate of drug-likeness (QED) is 0.448. The van der Waals surface area contributed by atoms with Gasteiger partial charge < -0.3 is 14.8 Å². The number of rotatable bonds is 7. The van der Waals surface area contributed by atoms with Crippen molar-refractivity contribution in [3.05, 3.63) is 89.4 Å². The van der Waals surface area contributed by atoms with E-state index >= 15 is 0 Å². The zero-order chi connectivity index (χ0) is 21.6. The summed E-state index contributed by atoms with van der Waals surface area (Å²) in [5.74, 6) is -0.357. The van der Waals surface area contributed by atoms with Crippen molar-refractivity contribution in [3.8, 4) is 11.5 Å². The lowest BCUT2D eigenvalue weighted by molar-refractivity contribution is -0.177. The smallest absolute Gasteiger partial charge is 0.419 e. The number of carbonyl (C=O) groups is 1. The van der Waals surface area contributed by atoms with Gasteiger partial charge in [0.15, 0.2) is 0 Å². The predicted octanol–water partition coefficient (Wildman–Crippen LogP) is 6.22. The van der Waals surface area contributed by atoms with E-state index in [-0.39, 0.29) is 12.3 Å². The number of hydrogen-bond donors (Lipinski definition) is 1. The Bertz CT molecular complexity index is 979. The standard InChI is InChI=1S/C22H17ClF3NO3/c23-16-9-11-17(12-10-16)27-20(22(24,25)26)21(28)29-14-15-5-4-8-19(13-15)30-18-6-2-1-3-7-18/h1-13,20,27H,14H2. The van der Waals surface area contributed by atoms with Gasteiger partial charge in [-0.3, -0.25) is 0 Å². The van der Waals surface area contributed by atoms with E-state index in [1.54, 1.807) is 36.4 Å². The average Bonchev–Trinajstić information content (AvgIpc) is 2.72. The van der Waals surface area contributed by atoms with Gasteiger partial charge in [-0.2, -0.15) is 13.2 Å². The summed E-state index contributed by atoms with van der Waals surface area (Å²) in [6, 6.07) is 18.6. The summed E-state index contributed by atoms with van der Waals surface area (Å²) in [5, 5.41) is 2.51. The molecule has 1 N–H and O–H groups in total. The molecule has 1 atom stereocenters. The number of hydrogen-bond acceptors (Lipinski definition) is 4. The topological polar surface area (TPSA) is 47.6 Å². The van der Waals surface area contributed by atoms with Crippen LogP contribution >= 0.6 is 11.6 Å². The third-order valence-electron chi connectivity index (χ3n) is 3.98. The lowest BCUT2D eigenvalue weighted by Crippen LogP contribution is -2.44. The maximum absolute atomic E-state index is 13.4. The van der Waals surface area contributed by atoms with E-state index < -0.39 is 18.2 Å². The van der Waals surface area contributed by atoms with Crippen molar-refractivity contribution in [2.45, 2.75) is 18.8 Å². The highest BCUT2D eigenvalue weighted by Gasteiger charge is 2.46. The molecule has 0 aliphatic rings. The molecular weight excluding hydrogens is 419 g/mol. The van der Waals surface area contributed by atoms with Crippen LogP contribution < -0.4 is 10.1 Å². The molecule has 3 aromatic rings. The minimum Gasteiger partial charge on any atom is -0.459 e. The minimum atomic E-state index is -4.84. The summed E-state index contributed by atoms with van der Waals surface area (Å²) >= 11 is 5.73. The Morgan fingerprint density at radius 2 is 1.60 bits per heavy atom. The highest BCUT2D eigenvalue weighted by Crippen LogP contribution is 2.26. The van der Waals surface area contributed by atoms with Crippen molar-refractivity contribution in [1.82, 2.24) is 0 Å². The zero-order valence-corrected chi connectivity index (χ0v) is 16.3. The van der Waals surface area contributed by atoms with Crippen LogP contribution in [0.2, 0.25) is 5.02 Å². The Hall–Kier alpha value is -3.19. The van der Waals surface area contributed by atoms with Gasteiger partial charge >= 0.3 is 12.1 Å². The highest BCUT2D eigenvalue weighted by molar-refractivity contribution is 6.30. The molecule has 0 aliphatic carbocycles. The minimum absolute atomic E-state index is 0.0944. The second kappa shape index (κ2) is 9.54. The number of alkyl halides is 3. The van der Waals surface area contributed by atoms with Gasteiger partial charge in [-0.1, -0.05) is 41.9 Å². The normalized spacial score (nSPS) is 12.1. The van der Waals surface area contributed by atoms with E-state index in [1.807, 2.05) is 18.2 Å². The van der Waals surface area contributed by atoms with Crippen LogP contribution in [-0.4, -0.2) is 18.2 Å². The van der Waals surface area contributed by atoms with E-state index in [1.165, 1.54) is 24.3 Å². The van der Waals surface area contributed by atoms with E-state index in [2.05, 4.69) is 5.32 Å². The third-order valence-corrected chi connectivity index (χ3v) is 4.23. The molecule has 3 aromatic carbocycles. The van der Waals surface area contributed by atoms with Crippen molar-refractivity contribution in [1.29, 1.82) is 0 Å². The van der Waals surface area contributed by atoms with Crippen LogP contribution in [0.15, 0.2) is 78.9 Å². The average molecular weight is 436 g/mol. The van der Waals surface area contributed by atoms with Crippen LogP contribution in [0.4, 0.5) is 18.9 Å². The Balaban J connectivity index is 1.65. The van der Waals surface area contributed by atoms with Gasteiger partial charge in [-0.05, 0) is 54.1 Å². The SMILES string of the molecule is O=C(OCc1cccc(Oc2ccccc2)c1)C(Nc1ccc(Cl)cc1)C(F)(F)F. The van der Waals surface area contributed by atoms with Gasteiger partial charge in [0.25, 0.3) is 0 Å². The van der Waals surface area contributed by atoms with E-state index in [0.717, 1.165) is 0 Å². The van der Waals surface area contributed by atoms with E-state index in [4.69, 9.17) is 21.1 Å². The number of esters is 1. The Morgan fingerprint density at radius 3 is 2.27 bits per heavy atom. The fraction of sp³-hybridized carbons (Fsp3) is 0.136. The van der Waals surface area contributed by atoms with Crippen LogP contribution in [0.25, 0.3) is 0 Å². The first-order chi connectivity index (χ1) is 14.3.